The van der Waals surface area contributed by atoms with E-state index in [0.29, 0.717) is 18.1 Å². The van der Waals surface area contributed by atoms with Gasteiger partial charge in [0.2, 0.25) is 0 Å². The predicted octanol–water partition coefficient (Wildman–Crippen LogP) is 4.90. The van der Waals surface area contributed by atoms with Gasteiger partial charge in [0.15, 0.2) is 0 Å². The molecule has 2 heteroatoms. The molecule has 110 valence electrons. The van der Waals surface area contributed by atoms with Crippen molar-refractivity contribution in [2.45, 2.75) is 60.3 Å². The van der Waals surface area contributed by atoms with E-state index in [1.807, 2.05) is 19.1 Å². The summed E-state index contributed by atoms with van der Waals surface area (Å²) in [6.45, 7) is 10.9. The van der Waals surface area contributed by atoms with Crippen molar-refractivity contribution in [3.63, 3.8) is 0 Å². The summed E-state index contributed by atoms with van der Waals surface area (Å²) < 4.78 is 4.92. The van der Waals surface area contributed by atoms with Gasteiger partial charge in [-0.3, -0.25) is 0 Å². The van der Waals surface area contributed by atoms with E-state index < -0.39 is 0 Å². The van der Waals surface area contributed by atoms with E-state index >= 15 is 0 Å². The Morgan fingerprint density at radius 3 is 2.47 bits per heavy atom. The van der Waals surface area contributed by atoms with Crippen LogP contribution in [-0.2, 0) is 9.53 Å². The van der Waals surface area contributed by atoms with Crippen LogP contribution in [0.3, 0.4) is 0 Å². The first-order valence-electron chi connectivity index (χ1n) is 7.47. The minimum atomic E-state index is -0.225. The normalized spacial score (nSPS) is 14.1. The van der Waals surface area contributed by atoms with Crippen LogP contribution in [0.25, 0.3) is 0 Å². The van der Waals surface area contributed by atoms with E-state index in [1.165, 1.54) is 19.3 Å². The molecule has 0 aromatic heterocycles. The number of hydrogen-bond acceptors (Lipinski definition) is 2. The third kappa shape index (κ3) is 10.5. The van der Waals surface area contributed by atoms with Crippen LogP contribution in [-0.4, -0.2) is 12.6 Å². The van der Waals surface area contributed by atoms with Crippen LogP contribution in [0.5, 0.6) is 0 Å². The molecule has 0 saturated carbocycles. The van der Waals surface area contributed by atoms with Gasteiger partial charge >= 0.3 is 5.97 Å². The molecule has 1 unspecified atom stereocenters. The quantitative estimate of drug-likeness (QED) is 0.337. The van der Waals surface area contributed by atoms with Gasteiger partial charge in [0.1, 0.15) is 0 Å². The number of ether oxygens (including phenoxy) is 1. The smallest absolute Gasteiger partial charge is 0.333 e. The summed E-state index contributed by atoms with van der Waals surface area (Å²) in [5.41, 5.74) is 0.658. The molecule has 0 spiro atoms. The molecule has 0 aliphatic carbocycles. The summed E-state index contributed by atoms with van der Waals surface area (Å²) in [5, 5.41) is 0. The molecule has 0 amide bonds. The van der Waals surface area contributed by atoms with Crippen LogP contribution in [0.2, 0.25) is 0 Å². The highest BCUT2D eigenvalue weighted by molar-refractivity contribution is 5.88. The van der Waals surface area contributed by atoms with Gasteiger partial charge in [-0.1, -0.05) is 58.3 Å². The van der Waals surface area contributed by atoms with Crippen LogP contribution in [0.15, 0.2) is 23.8 Å². The third-order valence-corrected chi connectivity index (χ3v) is 3.10. The summed E-state index contributed by atoms with van der Waals surface area (Å²) in [6, 6.07) is 0. The van der Waals surface area contributed by atoms with Gasteiger partial charge in [-0.2, -0.15) is 0 Å². The molecule has 2 nitrogen and oxygen atoms in total. The second kappa shape index (κ2) is 10.8. The number of esters is 1. The Bertz CT molecular complexity index is 300. The maximum atomic E-state index is 11.4. The van der Waals surface area contributed by atoms with Crippen LogP contribution < -0.4 is 0 Å². The van der Waals surface area contributed by atoms with Gasteiger partial charge in [0, 0.05) is 5.57 Å². The fourth-order valence-electron chi connectivity index (χ4n) is 1.83. The molecule has 0 radical (unpaired) electrons. The molecule has 0 saturated heterocycles. The van der Waals surface area contributed by atoms with Crippen molar-refractivity contribution in [2.24, 2.45) is 11.8 Å². The second-order valence-corrected chi connectivity index (χ2v) is 5.66. The van der Waals surface area contributed by atoms with Gasteiger partial charge < -0.3 is 4.74 Å². The average molecular weight is 266 g/mol. The van der Waals surface area contributed by atoms with Gasteiger partial charge in [0.25, 0.3) is 0 Å². The number of carbonyl (C=O) groups excluding carboxylic acids is 1. The average Bonchev–Trinajstić information content (AvgIpc) is 2.34. The molecule has 19 heavy (non-hydrogen) atoms. The van der Waals surface area contributed by atoms with Crippen molar-refractivity contribution in [3.8, 4) is 0 Å². The van der Waals surface area contributed by atoms with Crippen molar-refractivity contribution >= 4 is 5.97 Å². The molecule has 0 heterocycles. The van der Waals surface area contributed by atoms with E-state index in [4.69, 9.17) is 4.74 Å². The van der Waals surface area contributed by atoms with Crippen molar-refractivity contribution in [1.82, 2.24) is 0 Å². The second-order valence-electron chi connectivity index (χ2n) is 5.66. The molecule has 0 aliphatic rings. The van der Waals surface area contributed by atoms with Crippen molar-refractivity contribution in [2.75, 3.05) is 6.61 Å². The molecule has 0 bridgehead atoms. The molecular formula is C17H30O2. The number of allylic oxidation sites excluding steroid dienone is 3. The lowest BCUT2D eigenvalue weighted by Crippen LogP contribution is -2.04. The van der Waals surface area contributed by atoms with E-state index in [0.717, 1.165) is 12.3 Å². The third-order valence-electron chi connectivity index (χ3n) is 3.10. The minimum absolute atomic E-state index is 0.225. The number of carbonyl (C=O) groups is 1. The molecule has 0 rings (SSSR count). The van der Waals surface area contributed by atoms with Gasteiger partial charge in [0.05, 0.1) is 6.61 Å². The highest BCUT2D eigenvalue weighted by Gasteiger charge is 2.03. The predicted molar refractivity (Wildman–Crippen MR) is 82.0 cm³/mol. The number of hydrogen-bond donors (Lipinski definition) is 0. The van der Waals surface area contributed by atoms with Crippen LogP contribution >= 0.6 is 0 Å². The summed E-state index contributed by atoms with van der Waals surface area (Å²) in [5.74, 6) is 1.29. The molecule has 0 aromatic rings. The Kier molecular flexibility index (Phi) is 10.2. The fraction of sp³-hybridized carbons (Fsp3) is 0.706. The van der Waals surface area contributed by atoms with Crippen molar-refractivity contribution in [1.29, 1.82) is 0 Å². The zero-order valence-electron chi connectivity index (χ0n) is 13.2. The molecule has 0 fully saturated rings. The first kappa shape index (κ1) is 17.9. The maximum absolute atomic E-state index is 11.4. The Balaban J connectivity index is 3.88. The molecular weight excluding hydrogens is 236 g/mol. The first-order chi connectivity index (χ1) is 8.97. The molecule has 0 aromatic carbocycles. The summed E-state index contributed by atoms with van der Waals surface area (Å²) >= 11 is 0. The molecule has 1 atom stereocenters. The van der Waals surface area contributed by atoms with Gasteiger partial charge in [-0.05, 0) is 32.1 Å². The standard InChI is InChI=1S/C17H30O2/c1-6-19-17(18)16(5)13-8-7-11-15(4)12-9-10-14(2)3/h7-8,13-15H,6,9-12H2,1-5H3/b8-7+,16-13+. The zero-order chi connectivity index (χ0) is 14.7. The topological polar surface area (TPSA) is 26.3 Å². The van der Waals surface area contributed by atoms with E-state index in [9.17, 15) is 4.79 Å². The SMILES string of the molecule is CCOC(=O)/C(C)=C/C=C/CC(C)CCCC(C)C. The Morgan fingerprint density at radius 1 is 1.21 bits per heavy atom. The Hall–Kier alpha value is -1.05. The van der Waals surface area contributed by atoms with Crippen LogP contribution in [0.4, 0.5) is 0 Å². The van der Waals surface area contributed by atoms with Crippen molar-refractivity contribution < 1.29 is 9.53 Å². The Morgan fingerprint density at radius 2 is 1.89 bits per heavy atom. The Labute approximate surface area is 118 Å². The summed E-state index contributed by atoms with van der Waals surface area (Å²) in [7, 11) is 0. The monoisotopic (exact) mass is 266 g/mol. The lowest BCUT2D eigenvalue weighted by molar-refractivity contribution is -0.138. The first-order valence-corrected chi connectivity index (χ1v) is 7.47. The number of rotatable bonds is 9. The van der Waals surface area contributed by atoms with E-state index in [-0.39, 0.29) is 5.97 Å². The van der Waals surface area contributed by atoms with Gasteiger partial charge in [-0.25, -0.2) is 4.79 Å². The van der Waals surface area contributed by atoms with Crippen LogP contribution in [0, 0.1) is 11.8 Å². The van der Waals surface area contributed by atoms with Crippen molar-refractivity contribution in [3.05, 3.63) is 23.8 Å². The fourth-order valence-corrected chi connectivity index (χ4v) is 1.83. The highest BCUT2D eigenvalue weighted by atomic mass is 16.5. The minimum Gasteiger partial charge on any atom is -0.463 e. The van der Waals surface area contributed by atoms with Crippen LogP contribution in [0.1, 0.15) is 60.3 Å². The lowest BCUT2D eigenvalue weighted by atomic mass is 9.97. The maximum Gasteiger partial charge on any atom is 0.333 e. The summed E-state index contributed by atoms with van der Waals surface area (Å²) in [4.78, 5) is 11.4. The zero-order valence-corrected chi connectivity index (χ0v) is 13.2. The van der Waals surface area contributed by atoms with E-state index in [2.05, 4.69) is 26.8 Å². The highest BCUT2D eigenvalue weighted by Crippen LogP contribution is 2.15. The molecule has 0 aliphatic heterocycles. The molecule has 0 N–H and O–H groups in total. The van der Waals surface area contributed by atoms with Gasteiger partial charge in [-0.15, -0.1) is 0 Å². The van der Waals surface area contributed by atoms with E-state index in [1.54, 1.807) is 6.92 Å². The summed E-state index contributed by atoms with van der Waals surface area (Å²) in [6.07, 6.45) is 10.9. The lowest BCUT2D eigenvalue weighted by Gasteiger charge is -2.09. The largest absolute Gasteiger partial charge is 0.463 e.